The van der Waals surface area contributed by atoms with Crippen LogP contribution in [0.25, 0.3) is 16.6 Å². The summed E-state index contributed by atoms with van der Waals surface area (Å²) in [5.41, 5.74) is 5.36. The van der Waals surface area contributed by atoms with Crippen LogP contribution in [0.4, 0.5) is 0 Å². The van der Waals surface area contributed by atoms with Crippen molar-refractivity contribution < 1.29 is 9.53 Å². The summed E-state index contributed by atoms with van der Waals surface area (Å²) in [6.45, 7) is 6.20. The standard InChI is InChI=1S/C16H17N3O2S/c1-9-5-6-10(2)14-12(9)7-11(3)15-17-18-16(19(14)15)22-8-13(20)21-4/h5-7H,8H2,1-4H3. The monoisotopic (exact) mass is 315 g/mol. The Balaban J connectivity index is 2.27. The number of carbonyl (C=O) groups is 1. The van der Waals surface area contributed by atoms with E-state index in [0.29, 0.717) is 5.16 Å². The fourth-order valence-electron chi connectivity index (χ4n) is 2.58. The van der Waals surface area contributed by atoms with Gasteiger partial charge in [-0.05, 0) is 43.5 Å². The number of ether oxygens (including phenoxy) is 1. The van der Waals surface area contributed by atoms with Crippen LogP contribution in [0.5, 0.6) is 0 Å². The largest absolute Gasteiger partial charge is 0.468 e. The van der Waals surface area contributed by atoms with Gasteiger partial charge in [0.15, 0.2) is 10.8 Å². The summed E-state index contributed by atoms with van der Waals surface area (Å²) in [6, 6.07) is 6.37. The van der Waals surface area contributed by atoms with Crippen molar-refractivity contribution in [2.45, 2.75) is 25.9 Å². The molecule has 1 aromatic carbocycles. The molecular weight excluding hydrogens is 298 g/mol. The normalized spacial score (nSPS) is 11.3. The molecule has 0 radical (unpaired) electrons. The summed E-state index contributed by atoms with van der Waals surface area (Å²) in [4.78, 5) is 11.4. The molecule has 2 aromatic heterocycles. The summed E-state index contributed by atoms with van der Waals surface area (Å²) in [5, 5.41) is 10.4. The summed E-state index contributed by atoms with van der Waals surface area (Å²) in [5.74, 6) is -0.0518. The molecule has 5 nitrogen and oxygen atoms in total. The highest BCUT2D eigenvalue weighted by Gasteiger charge is 2.15. The highest BCUT2D eigenvalue weighted by atomic mass is 32.2. The minimum atomic E-state index is -0.272. The summed E-state index contributed by atoms with van der Waals surface area (Å²) < 4.78 is 6.74. The van der Waals surface area contributed by atoms with E-state index in [4.69, 9.17) is 4.74 Å². The summed E-state index contributed by atoms with van der Waals surface area (Å²) in [6.07, 6.45) is 0. The third-order valence-corrected chi connectivity index (χ3v) is 4.66. The third kappa shape index (κ3) is 2.33. The Labute approximate surface area is 132 Å². The van der Waals surface area contributed by atoms with Gasteiger partial charge in [0.05, 0.1) is 18.4 Å². The van der Waals surface area contributed by atoms with Crippen molar-refractivity contribution in [3.05, 3.63) is 34.9 Å². The predicted octanol–water partition coefficient (Wildman–Crippen LogP) is 3.07. The second-order valence-electron chi connectivity index (χ2n) is 5.30. The van der Waals surface area contributed by atoms with E-state index in [2.05, 4.69) is 42.2 Å². The Bertz CT molecular complexity index is 886. The Morgan fingerprint density at radius 3 is 2.64 bits per heavy atom. The molecule has 0 bridgehead atoms. The van der Waals surface area contributed by atoms with Gasteiger partial charge in [0.25, 0.3) is 0 Å². The van der Waals surface area contributed by atoms with Crippen LogP contribution >= 0.6 is 11.8 Å². The van der Waals surface area contributed by atoms with Crippen molar-refractivity contribution >= 4 is 34.3 Å². The second-order valence-corrected chi connectivity index (χ2v) is 6.24. The van der Waals surface area contributed by atoms with Crippen molar-refractivity contribution in [2.24, 2.45) is 0 Å². The lowest BCUT2D eigenvalue weighted by molar-refractivity contribution is -0.137. The average Bonchev–Trinajstić information content (AvgIpc) is 2.93. The molecule has 3 aromatic rings. The number of benzene rings is 1. The van der Waals surface area contributed by atoms with Gasteiger partial charge in [-0.3, -0.25) is 9.20 Å². The number of thioether (sulfide) groups is 1. The lowest BCUT2D eigenvalue weighted by atomic mass is 10.0. The molecule has 0 saturated carbocycles. The van der Waals surface area contributed by atoms with Crippen LogP contribution in [0.3, 0.4) is 0 Å². The van der Waals surface area contributed by atoms with E-state index in [0.717, 1.165) is 22.3 Å². The van der Waals surface area contributed by atoms with E-state index in [1.807, 2.05) is 11.3 Å². The number of rotatable bonds is 3. The molecule has 0 aliphatic heterocycles. The zero-order valence-electron chi connectivity index (χ0n) is 13.0. The van der Waals surface area contributed by atoms with Crippen LogP contribution in [-0.4, -0.2) is 33.4 Å². The zero-order valence-corrected chi connectivity index (χ0v) is 13.8. The number of hydrogen-bond donors (Lipinski definition) is 0. The molecule has 0 aliphatic carbocycles. The van der Waals surface area contributed by atoms with Crippen molar-refractivity contribution in [3.8, 4) is 0 Å². The fraction of sp³-hybridized carbons (Fsp3) is 0.312. The number of nitrogens with zero attached hydrogens (tertiary/aromatic N) is 3. The first-order chi connectivity index (χ1) is 10.5. The molecule has 0 unspecified atom stereocenters. The van der Waals surface area contributed by atoms with Gasteiger partial charge < -0.3 is 4.74 Å². The minimum Gasteiger partial charge on any atom is -0.468 e. The molecule has 0 amide bonds. The second kappa shape index (κ2) is 5.61. The summed E-state index contributed by atoms with van der Waals surface area (Å²) in [7, 11) is 1.39. The number of aryl methyl sites for hydroxylation is 3. The van der Waals surface area contributed by atoms with Crippen molar-refractivity contribution in [2.75, 3.05) is 12.9 Å². The Hall–Kier alpha value is -2.08. The zero-order chi connectivity index (χ0) is 15.9. The molecule has 0 N–H and O–H groups in total. The number of methoxy groups -OCH3 is 1. The van der Waals surface area contributed by atoms with Crippen LogP contribution in [0.1, 0.15) is 16.7 Å². The number of carbonyl (C=O) groups excluding carboxylic acids is 1. The van der Waals surface area contributed by atoms with E-state index >= 15 is 0 Å². The maximum Gasteiger partial charge on any atom is 0.316 e. The average molecular weight is 315 g/mol. The maximum atomic E-state index is 11.4. The molecule has 0 atom stereocenters. The molecule has 0 aliphatic rings. The number of esters is 1. The number of fused-ring (bicyclic) bond motifs is 3. The van der Waals surface area contributed by atoms with Crippen molar-refractivity contribution in [3.63, 3.8) is 0 Å². The Kier molecular flexibility index (Phi) is 3.78. The topological polar surface area (TPSA) is 56.5 Å². The number of hydrogen-bond acceptors (Lipinski definition) is 5. The highest BCUT2D eigenvalue weighted by molar-refractivity contribution is 7.99. The van der Waals surface area contributed by atoms with E-state index in [1.165, 1.54) is 29.8 Å². The Morgan fingerprint density at radius 2 is 1.91 bits per heavy atom. The van der Waals surface area contributed by atoms with Gasteiger partial charge in [0, 0.05) is 5.39 Å². The molecule has 0 spiro atoms. The quantitative estimate of drug-likeness (QED) is 0.549. The molecule has 114 valence electrons. The van der Waals surface area contributed by atoms with Gasteiger partial charge in [-0.2, -0.15) is 0 Å². The molecular formula is C16H17N3O2S. The number of pyridine rings is 1. The minimum absolute atomic E-state index is 0.220. The fourth-order valence-corrected chi connectivity index (χ4v) is 3.35. The van der Waals surface area contributed by atoms with Crippen LogP contribution in [-0.2, 0) is 9.53 Å². The first-order valence-corrected chi connectivity index (χ1v) is 7.95. The van der Waals surface area contributed by atoms with E-state index in [1.54, 1.807) is 0 Å². The molecule has 0 saturated heterocycles. The van der Waals surface area contributed by atoms with Gasteiger partial charge in [0.1, 0.15) is 0 Å². The van der Waals surface area contributed by atoms with Gasteiger partial charge >= 0.3 is 5.97 Å². The Morgan fingerprint density at radius 1 is 1.18 bits per heavy atom. The van der Waals surface area contributed by atoms with Gasteiger partial charge in [0.2, 0.25) is 0 Å². The third-order valence-electron chi connectivity index (χ3n) is 3.75. The summed E-state index contributed by atoms with van der Waals surface area (Å²) >= 11 is 1.34. The smallest absolute Gasteiger partial charge is 0.316 e. The molecule has 0 fully saturated rings. The highest BCUT2D eigenvalue weighted by Crippen LogP contribution is 2.29. The van der Waals surface area contributed by atoms with E-state index < -0.39 is 0 Å². The first-order valence-electron chi connectivity index (χ1n) is 6.97. The van der Waals surface area contributed by atoms with Crippen molar-refractivity contribution in [1.82, 2.24) is 14.6 Å². The molecule has 2 heterocycles. The van der Waals surface area contributed by atoms with E-state index in [-0.39, 0.29) is 11.7 Å². The van der Waals surface area contributed by atoms with Crippen LogP contribution in [0.15, 0.2) is 23.4 Å². The van der Waals surface area contributed by atoms with Crippen LogP contribution < -0.4 is 0 Å². The molecule has 22 heavy (non-hydrogen) atoms. The molecule has 3 rings (SSSR count). The lowest BCUT2D eigenvalue weighted by Gasteiger charge is -2.11. The lowest BCUT2D eigenvalue weighted by Crippen LogP contribution is -2.04. The maximum absolute atomic E-state index is 11.4. The van der Waals surface area contributed by atoms with Gasteiger partial charge in [-0.15, -0.1) is 10.2 Å². The van der Waals surface area contributed by atoms with Crippen molar-refractivity contribution in [1.29, 1.82) is 0 Å². The van der Waals surface area contributed by atoms with Crippen LogP contribution in [0.2, 0.25) is 0 Å². The number of aromatic nitrogens is 3. The first kappa shape index (κ1) is 14.8. The SMILES string of the molecule is COC(=O)CSc1nnc2c(C)cc3c(C)ccc(C)c3n12. The van der Waals surface area contributed by atoms with Gasteiger partial charge in [-0.1, -0.05) is 23.9 Å². The van der Waals surface area contributed by atoms with Crippen LogP contribution in [0, 0.1) is 20.8 Å². The predicted molar refractivity (Wildman–Crippen MR) is 87.4 cm³/mol. The van der Waals surface area contributed by atoms with E-state index in [9.17, 15) is 4.79 Å². The van der Waals surface area contributed by atoms with Gasteiger partial charge in [-0.25, -0.2) is 0 Å². The molecule has 6 heteroatoms.